The summed E-state index contributed by atoms with van der Waals surface area (Å²) in [6, 6.07) is 28.8. The van der Waals surface area contributed by atoms with Gasteiger partial charge in [0.1, 0.15) is 17.3 Å². The van der Waals surface area contributed by atoms with Crippen molar-refractivity contribution < 1.29 is 23.8 Å². The lowest BCUT2D eigenvalue weighted by Gasteiger charge is -2.26. The number of benzene rings is 3. The minimum atomic E-state index is -1.39. The topological polar surface area (TPSA) is 81.8 Å². The third-order valence-electron chi connectivity index (χ3n) is 6.44. The number of aryl methyl sites for hydroxylation is 1. The van der Waals surface area contributed by atoms with Crippen LogP contribution >= 0.6 is 11.3 Å². The molecule has 0 saturated heterocycles. The fourth-order valence-electron chi connectivity index (χ4n) is 4.27. The number of carboxylic acid groups (broad SMARTS) is 1. The van der Waals surface area contributed by atoms with Gasteiger partial charge in [0, 0.05) is 23.3 Å². The Morgan fingerprint density at radius 1 is 0.923 bits per heavy atom. The van der Waals surface area contributed by atoms with Crippen LogP contribution in [0.25, 0.3) is 21.9 Å². The van der Waals surface area contributed by atoms with Crippen molar-refractivity contribution in [2.45, 2.75) is 32.3 Å². The Hall–Kier alpha value is -4.36. The van der Waals surface area contributed by atoms with E-state index in [-0.39, 0.29) is 6.42 Å². The van der Waals surface area contributed by atoms with E-state index >= 15 is 0 Å². The van der Waals surface area contributed by atoms with Crippen LogP contribution in [0.4, 0.5) is 0 Å². The maximum Gasteiger partial charge on any atom is 0.348 e. The van der Waals surface area contributed by atoms with Crippen LogP contribution in [-0.2, 0) is 17.6 Å². The van der Waals surface area contributed by atoms with Crippen LogP contribution in [0.15, 0.2) is 101 Å². The number of oxazole rings is 1. The first-order valence-electron chi connectivity index (χ1n) is 12.7. The Kier molecular flexibility index (Phi) is 7.79. The highest BCUT2D eigenvalue weighted by Crippen LogP contribution is 2.29. The summed E-state index contributed by atoms with van der Waals surface area (Å²) < 4.78 is 17.7. The minimum Gasteiger partial charge on any atom is -0.493 e. The molecular weight excluding hydrogens is 510 g/mol. The van der Waals surface area contributed by atoms with E-state index in [0.29, 0.717) is 30.4 Å². The Bertz CT molecular complexity index is 1510. The van der Waals surface area contributed by atoms with E-state index < -0.39 is 11.6 Å². The zero-order valence-corrected chi connectivity index (χ0v) is 22.6. The summed E-state index contributed by atoms with van der Waals surface area (Å²) in [5, 5.41) is 11.9. The Morgan fingerprint density at radius 3 is 2.31 bits per heavy atom. The highest BCUT2D eigenvalue weighted by atomic mass is 32.1. The summed E-state index contributed by atoms with van der Waals surface area (Å²) in [6.45, 7) is 3.93. The van der Waals surface area contributed by atoms with Crippen LogP contribution in [0.3, 0.4) is 0 Å². The van der Waals surface area contributed by atoms with E-state index in [2.05, 4.69) is 23.6 Å². The number of para-hydroxylation sites is 1. The van der Waals surface area contributed by atoms with Gasteiger partial charge in [0.05, 0.1) is 12.3 Å². The maximum atomic E-state index is 12.0. The lowest BCUT2D eigenvalue weighted by Crippen LogP contribution is -2.43. The number of nitrogens with zero attached hydrogens (tertiary/aromatic N) is 1. The molecule has 0 aliphatic carbocycles. The van der Waals surface area contributed by atoms with Gasteiger partial charge >= 0.3 is 5.97 Å². The molecule has 0 spiro atoms. The van der Waals surface area contributed by atoms with Crippen molar-refractivity contribution in [3.63, 3.8) is 0 Å². The number of ether oxygens (including phenoxy) is 2. The molecule has 0 radical (unpaired) electrons. The van der Waals surface area contributed by atoms with Gasteiger partial charge < -0.3 is 19.0 Å². The standard InChI is InChI=1S/C32H29NO5S/c1-22-28(33-30(37-22)25-14-12-24(13-15-25)29-9-6-20-39-29)18-19-36-26-16-10-23(11-17-26)21-32(2,31(34)35)38-27-7-4-3-5-8-27/h3-17,20H,18-19,21H2,1-2H3,(H,34,35). The monoisotopic (exact) mass is 539 g/mol. The van der Waals surface area contributed by atoms with Gasteiger partial charge in [-0.1, -0.05) is 48.5 Å². The second kappa shape index (κ2) is 11.6. The first kappa shape index (κ1) is 26.3. The average Bonchev–Trinajstić information content (AvgIpc) is 3.61. The predicted molar refractivity (Wildman–Crippen MR) is 152 cm³/mol. The number of aliphatic carboxylic acids is 1. The lowest BCUT2D eigenvalue weighted by molar-refractivity contribution is -0.153. The van der Waals surface area contributed by atoms with Gasteiger partial charge in [-0.2, -0.15) is 0 Å². The van der Waals surface area contributed by atoms with E-state index in [1.165, 1.54) is 10.4 Å². The molecule has 0 fully saturated rings. The van der Waals surface area contributed by atoms with Crippen LogP contribution < -0.4 is 9.47 Å². The molecule has 1 atom stereocenters. The first-order chi connectivity index (χ1) is 18.9. The van der Waals surface area contributed by atoms with Crippen LogP contribution in [0.1, 0.15) is 23.9 Å². The van der Waals surface area contributed by atoms with Crippen LogP contribution in [0, 0.1) is 6.92 Å². The van der Waals surface area contributed by atoms with Crippen molar-refractivity contribution in [2.24, 2.45) is 0 Å². The number of thiophene rings is 1. The summed E-state index contributed by atoms with van der Waals surface area (Å²) in [4.78, 5) is 17.9. The van der Waals surface area contributed by atoms with E-state index in [1.54, 1.807) is 30.4 Å². The molecule has 0 saturated carbocycles. The average molecular weight is 540 g/mol. The molecule has 5 rings (SSSR count). The molecule has 2 heterocycles. The van der Waals surface area contributed by atoms with Gasteiger partial charge in [0.25, 0.3) is 0 Å². The molecule has 0 bridgehead atoms. The van der Waals surface area contributed by atoms with Gasteiger partial charge in [-0.05, 0) is 72.8 Å². The van der Waals surface area contributed by atoms with Gasteiger partial charge in [0.2, 0.25) is 11.5 Å². The predicted octanol–water partition coefficient (Wildman–Crippen LogP) is 7.46. The molecule has 39 heavy (non-hydrogen) atoms. The maximum absolute atomic E-state index is 12.0. The molecule has 3 aromatic carbocycles. The highest BCUT2D eigenvalue weighted by molar-refractivity contribution is 7.13. The normalized spacial score (nSPS) is 12.6. The summed E-state index contributed by atoms with van der Waals surface area (Å²) in [7, 11) is 0. The summed E-state index contributed by atoms with van der Waals surface area (Å²) in [5.74, 6) is 1.57. The van der Waals surface area contributed by atoms with Crippen LogP contribution in [-0.4, -0.2) is 28.3 Å². The molecule has 1 N–H and O–H groups in total. The Labute approximate surface area is 231 Å². The largest absolute Gasteiger partial charge is 0.493 e. The number of hydrogen-bond donors (Lipinski definition) is 1. The van der Waals surface area contributed by atoms with E-state index in [0.717, 1.165) is 22.6 Å². The van der Waals surface area contributed by atoms with Crippen LogP contribution in [0.5, 0.6) is 11.5 Å². The highest BCUT2D eigenvalue weighted by Gasteiger charge is 2.36. The number of rotatable bonds is 11. The Morgan fingerprint density at radius 2 is 1.64 bits per heavy atom. The van der Waals surface area contributed by atoms with Crippen LogP contribution in [0.2, 0.25) is 0 Å². The first-order valence-corrected chi connectivity index (χ1v) is 13.6. The zero-order valence-electron chi connectivity index (χ0n) is 21.8. The third kappa shape index (κ3) is 6.38. The van der Waals surface area contributed by atoms with Gasteiger partial charge in [0.15, 0.2) is 0 Å². The smallest absolute Gasteiger partial charge is 0.348 e. The van der Waals surface area contributed by atoms with Gasteiger partial charge in [-0.15, -0.1) is 11.3 Å². The SMILES string of the molecule is Cc1oc(-c2ccc(-c3cccs3)cc2)nc1CCOc1ccc(CC(C)(Oc2ccccc2)C(=O)O)cc1. The molecule has 0 aliphatic heterocycles. The lowest BCUT2D eigenvalue weighted by atomic mass is 9.96. The summed E-state index contributed by atoms with van der Waals surface area (Å²) >= 11 is 1.71. The van der Waals surface area contributed by atoms with Crippen molar-refractivity contribution in [3.05, 3.63) is 113 Å². The molecule has 0 aliphatic rings. The number of aromatic nitrogens is 1. The Balaban J connectivity index is 1.16. The molecule has 0 amide bonds. The molecular formula is C32H29NO5S. The molecule has 198 valence electrons. The van der Waals surface area contributed by atoms with Crippen molar-refractivity contribution in [3.8, 4) is 33.4 Å². The zero-order chi connectivity index (χ0) is 27.2. The third-order valence-corrected chi connectivity index (χ3v) is 7.36. The number of carbonyl (C=O) groups is 1. The van der Waals surface area contributed by atoms with Crippen molar-refractivity contribution in [2.75, 3.05) is 6.61 Å². The van der Waals surface area contributed by atoms with Crippen molar-refractivity contribution in [1.29, 1.82) is 0 Å². The fourth-order valence-corrected chi connectivity index (χ4v) is 5.00. The summed E-state index contributed by atoms with van der Waals surface area (Å²) in [5.41, 5.74) is 2.42. The summed E-state index contributed by atoms with van der Waals surface area (Å²) in [6.07, 6.45) is 0.819. The van der Waals surface area contributed by atoms with E-state index in [4.69, 9.17) is 18.9 Å². The van der Waals surface area contributed by atoms with E-state index in [1.807, 2.05) is 67.6 Å². The minimum absolute atomic E-state index is 0.215. The van der Waals surface area contributed by atoms with E-state index in [9.17, 15) is 9.90 Å². The molecule has 6 nitrogen and oxygen atoms in total. The van der Waals surface area contributed by atoms with Gasteiger partial charge in [-0.3, -0.25) is 0 Å². The second-order valence-corrected chi connectivity index (χ2v) is 10.4. The quantitative estimate of drug-likeness (QED) is 0.188. The fraction of sp³-hybridized carbons (Fsp3) is 0.188. The molecule has 2 aromatic heterocycles. The molecule has 5 aromatic rings. The van der Waals surface area contributed by atoms with Gasteiger partial charge in [-0.25, -0.2) is 9.78 Å². The molecule has 7 heteroatoms. The second-order valence-electron chi connectivity index (χ2n) is 9.45. The number of hydrogen-bond acceptors (Lipinski definition) is 6. The molecule has 1 unspecified atom stereocenters. The van der Waals surface area contributed by atoms with Crippen molar-refractivity contribution >= 4 is 17.3 Å². The number of carboxylic acids is 1. The van der Waals surface area contributed by atoms with Crippen molar-refractivity contribution in [1.82, 2.24) is 4.98 Å².